The van der Waals surface area contributed by atoms with Crippen LogP contribution in [0.5, 0.6) is 0 Å². The van der Waals surface area contributed by atoms with E-state index in [9.17, 15) is 13.2 Å². The molecule has 0 bridgehead atoms. The molecule has 0 unspecified atom stereocenters. The maximum absolute atomic E-state index is 12.8. The molecule has 0 spiro atoms. The number of aromatic nitrogens is 3. The lowest BCUT2D eigenvalue weighted by Crippen LogP contribution is -2.41. The molecule has 0 aliphatic rings. The van der Waals surface area contributed by atoms with Gasteiger partial charge in [-0.05, 0) is 32.9 Å². The molecule has 2 aromatic rings. The van der Waals surface area contributed by atoms with Gasteiger partial charge >= 0.3 is 0 Å². The van der Waals surface area contributed by atoms with Crippen LogP contribution in [0.15, 0.2) is 34.3 Å². The Bertz CT molecular complexity index is 962. The van der Waals surface area contributed by atoms with Crippen LogP contribution in [-0.4, -0.2) is 57.9 Å². The molecule has 0 aliphatic carbocycles. The molecule has 160 valence electrons. The summed E-state index contributed by atoms with van der Waals surface area (Å²) in [7, 11) is -3.60. The molecule has 0 aliphatic heterocycles. The number of hydrogen-bond acceptors (Lipinski definition) is 7. The van der Waals surface area contributed by atoms with Crippen molar-refractivity contribution in [2.45, 2.75) is 50.2 Å². The van der Waals surface area contributed by atoms with E-state index in [2.05, 4.69) is 15.5 Å². The minimum atomic E-state index is -3.60. The lowest BCUT2D eigenvalue weighted by Gasteiger charge is -2.20. The Balaban J connectivity index is 2.24. The number of thioether (sulfide) groups is 1. The highest BCUT2D eigenvalue weighted by Crippen LogP contribution is 2.25. The monoisotopic (exact) mass is 440 g/mol. The average molecular weight is 441 g/mol. The molecule has 0 saturated heterocycles. The molecule has 0 radical (unpaired) electrons. The Kier molecular flexibility index (Phi) is 7.30. The number of nitrogens with two attached hydrogens (primary N) is 1. The fourth-order valence-electron chi connectivity index (χ4n) is 2.66. The summed E-state index contributed by atoms with van der Waals surface area (Å²) < 4.78 is 28.2. The summed E-state index contributed by atoms with van der Waals surface area (Å²) in [5.74, 6) is 6.42. The van der Waals surface area contributed by atoms with Gasteiger partial charge in [-0.15, -0.1) is 10.2 Å². The zero-order valence-corrected chi connectivity index (χ0v) is 19.0. The predicted molar refractivity (Wildman–Crippen MR) is 114 cm³/mol. The van der Waals surface area contributed by atoms with E-state index in [4.69, 9.17) is 5.84 Å². The maximum atomic E-state index is 12.8. The Morgan fingerprint density at radius 1 is 1.24 bits per heavy atom. The predicted octanol–water partition coefficient (Wildman–Crippen LogP) is 1.70. The van der Waals surface area contributed by atoms with Crippen LogP contribution in [0.3, 0.4) is 0 Å². The third-order valence-electron chi connectivity index (χ3n) is 3.95. The van der Waals surface area contributed by atoms with E-state index in [0.717, 1.165) is 11.8 Å². The van der Waals surface area contributed by atoms with Crippen molar-refractivity contribution in [3.8, 4) is 11.4 Å². The first kappa shape index (κ1) is 23.2. The number of nitrogen functional groups attached to an aromatic ring is 1. The summed E-state index contributed by atoms with van der Waals surface area (Å²) in [6, 6.07) is 6.43. The molecule has 0 saturated carbocycles. The van der Waals surface area contributed by atoms with Gasteiger partial charge in [0.25, 0.3) is 0 Å². The highest BCUT2D eigenvalue weighted by molar-refractivity contribution is 7.99. The van der Waals surface area contributed by atoms with Gasteiger partial charge in [-0.3, -0.25) is 4.79 Å². The molecule has 1 amide bonds. The summed E-state index contributed by atoms with van der Waals surface area (Å²) in [6.07, 6.45) is 0. The standard InChI is InChI=1S/C18H28N6O3S2/c1-6-23(7-2)29(26,27)14-10-8-9-13(11-14)16-21-22-17(24(16)19)28-12-15(25)20-18(3,4)5/h8-11H,6-7,12,19H2,1-5H3,(H,20,25). The number of carbonyl (C=O) groups excluding carboxylic acids is 1. The summed E-state index contributed by atoms with van der Waals surface area (Å²) in [6.45, 7) is 10.1. The maximum Gasteiger partial charge on any atom is 0.243 e. The van der Waals surface area contributed by atoms with Crippen molar-refractivity contribution in [3.63, 3.8) is 0 Å². The van der Waals surface area contributed by atoms with Crippen molar-refractivity contribution in [1.29, 1.82) is 0 Å². The van der Waals surface area contributed by atoms with Crippen molar-refractivity contribution in [2.75, 3.05) is 24.7 Å². The second-order valence-corrected chi connectivity index (χ2v) is 10.3. The van der Waals surface area contributed by atoms with E-state index in [1.807, 2.05) is 20.8 Å². The van der Waals surface area contributed by atoms with Crippen LogP contribution in [0.4, 0.5) is 0 Å². The largest absolute Gasteiger partial charge is 0.351 e. The van der Waals surface area contributed by atoms with Gasteiger partial charge in [0.05, 0.1) is 10.6 Å². The van der Waals surface area contributed by atoms with Gasteiger partial charge < -0.3 is 11.2 Å². The summed E-state index contributed by atoms with van der Waals surface area (Å²) >= 11 is 1.16. The first-order valence-corrected chi connectivity index (χ1v) is 11.7. The Hall–Kier alpha value is -2.11. The Morgan fingerprint density at radius 3 is 2.48 bits per heavy atom. The number of hydrogen-bond donors (Lipinski definition) is 2. The normalized spacial score (nSPS) is 12.3. The third-order valence-corrected chi connectivity index (χ3v) is 6.94. The molecule has 0 atom stereocenters. The van der Waals surface area contributed by atoms with E-state index in [-0.39, 0.29) is 22.1 Å². The summed E-state index contributed by atoms with van der Waals surface area (Å²) in [5.41, 5.74) is 0.204. The van der Waals surface area contributed by atoms with Crippen LogP contribution in [0.2, 0.25) is 0 Å². The first-order chi connectivity index (χ1) is 13.5. The second kappa shape index (κ2) is 9.14. The van der Waals surface area contributed by atoms with Gasteiger partial charge in [-0.2, -0.15) is 4.31 Å². The van der Waals surface area contributed by atoms with Gasteiger partial charge in [0.1, 0.15) is 0 Å². The summed E-state index contributed by atoms with van der Waals surface area (Å²) in [4.78, 5) is 12.2. The molecule has 3 N–H and O–H groups in total. The van der Waals surface area contributed by atoms with Crippen molar-refractivity contribution >= 4 is 27.7 Å². The molecule has 2 rings (SSSR count). The Morgan fingerprint density at radius 2 is 1.90 bits per heavy atom. The molecule has 11 heteroatoms. The highest BCUT2D eigenvalue weighted by Gasteiger charge is 2.23. The van der Waals surface area contributed by atoms with Crippen LogP contribution in [-0.2, 0) is 14.8 Å². The molecule has 1 aromatic heterocycles. The van der Waals surface area contributed by atoms with E-state index in [0.29, 0.717) is 29.6 Å². The number of sulfonamides is 1. The Labute approximate surface area is 176 Å². The number of nitrogens with zero attached hydrogens (tertiary/aromatic N) is 4. The van der Waals surface area contributed by atoms with Crippen molar-refractivity contribution in [2.24, 2.45) is 0 Å². The highest BCUT2D eigenvalue weighted by atomic mass is 32.2. The van der Waals surface area contributed by atoms with Crippen LogP contribution >= 0.6 is 11.8 Å². The van der Waals surface area contributed by atoms with E-state index in [1.54, 1.807) is 32.0 Å². The van der Waals surface area contributed by atoms with Crippen molar-refractivity contribution < 1.29 is 13.2 Å². The molecular formula is C18H28N6O3S2. The van der Waals surface area contributed by atoms with E-state index in [1.165, 1.54) is 15.0 Å². The molecule has 0 fully saturated rings. The van der Waals surface area contributed by atoms with Crippen LogP contribution < -0.4 is 11.2 Å². The average Bonchev–Trinajstić information content (AvgIpc) is 3.00. The number of carbonyl (C=O) groups is 1. The lowest BCUT2D eigenvalue weighted by atomic mass is 10.1. The van der Waals surface area contributed by atoms with Gasteiger partial charge in [-0.25, -0.2) is 13.1 Å². The zero-order chi connectivity index (χ0) is 21.8. The SMILES string of the molecule is CCN(CC)S(=O)(=O)c1cccc(-c2nnc(SCC(=O)NC(C)(C)C)n2N)c1. The number of benzene rings is 1. The van der Waals surface area contributed by atoms with Crippen LogP contribution in [0.1, 0.15) is 34.6 Å². The number of nitrogens with one attached hydrogen (secondary N) is 1. The molecule has 1 aromatic carbocycles. The van der Waals surface area contributed by atoms with Gasteiger partial charge in [0.2, 0.25) is 21.1 Å². The van der Waals surface area contributed by atoms with Crippen molar-refractivity contribution in [3.05, 3.63) is 24.3 Å². The van der Waals surface area contributed by atoms with Gasteiger partial charge in [0, 0.05) is 24.2 Å². The smallest absolute Gasteiger partial charge is 0.243 e. The van der Waals surface area contributed by atoms with Gasteiger partial charge in [-0.1, -0.05) is 37.7 Å². The van der Waals surface area contributed by atoms with E-state index < -0.39 is 10.0 Å². The minimum absolute atomic E-state index is 0.139. The minimum Gasteiger partial charge on any atom is -0.351 e. The topological polar surface area (TPSA) is 123 Å². The quantitative estimate of drug-likeness (QED) is 0.473. The molecular weight excluding hydrogens is 412 g/mol. The second-order valence-electron chi connectivity index (χ2n) is 7.38. The van der Waals surface area contributed by atoms with E-state index >= 15 is 0 Å². The number of amides is 1. The molecule has 1 heterocycles. The lowest BCUT2D eigenvalue weighted by molar-refractivity contribution is -0.119. The molecule has 9 nitrogen and oxygen atoms in total. The number of rotatable bonds is 8. The third kappa shape index (κ3) is 5.71. The van der Waals surface area contributed by atoms with Crippen LogP contribution in [0, 0.1) is 0 Å². The van der Waals surface area contributed by atoms with Crippen molar-refractivity contribution in [1.82, 2.24) is 24.5 Å². The summed E-state index contributed by atoms with van der Waals surface area (Å²) in [5, 5.41) is 11.3. The van der Waals surface area contributed by atoms with Gasteiger partial charge in [0.15, 0.2) is 5.82 Å². The fraction of sp³-hybridized carbons (Fsp3) is 0.500. The zero-order valence-electron chi connectivity index (χ0n) is 17.3. The fourth-order valence-corrected chi connectivity index (χ4v) is 4.83. The molecule has 29 heavy (non-hydrogen) atoms. The first-order valence-electron chi connectivity index (χ1n) is 9.24. The van der Waals surface area contributed by atoms with Crippen LogP contribution in [0.25, 0.3) is 11.4 Å².